The van der Waals surface area contributed by atoms with Crippen LogP contribution in [0, 0.1) is 0 Å². The van der Waals surface area contributed by atoms with Crippen molar-refractivity contribution in [3.05, 3.63) is 25.0 Å². The molecule has 0 aliphatic carbocycles. The number of allylic oxidation sites excluding steroid dienone is 1. The average molecular weight is 450 g/mol. The molecule has 0 saturated carbocycles. The molecule has 0 aromatic carbocycles. The summed E-state index contributed by atoms with van der Waals surface area (Å²) >= 11 is 5.29. The van der Waals surface area contributed by atoms with Gasteiger partial charge >= 0.3 is 109 Å². The quantitative estimate of drug-likeness (QED) is 0.491. The molecule has 0 unspecified atom stereocenters. The normalized spacial score (nSPS) is 26.5. The van der Waals surface area contributed by atoms with Crippen LogP contribution < -0.4 is 0 Å². The number of hydrogen-bond acceptors (Lipinski definition) is 1. The van der Waals surface area contributed by atoms with E-state index < -0.39 is 0 Å². The molecule has 68 valence electrons. The van der Waals surface area contributed by atoms with Crippen LogP contribution in [0.3, 0.4) is 0 Å². The van der Waals surface area contributed by atoms with E-state index in [1.807, 2.05) is 15.0 Å². The summed E-state index contributed by atoms with van der Waals surface area (Å²) in [6.45, 7) is 0. The first kappa shape index (κ1) is 9.84. The molecule has 13 heavy (non-hydrogen) atoms. The van der Waals surface area contributed by atoms with E-state index in [0.29, 0.717) is 0 Å². The van der Waals surface area contributed by atoms with Crippen LogP contribution in [0.2, 0.25) is 0 Å². The summed E-state index contributed by atoms with van der Waals surface area (Å²) in [6.07, 6.45) is 1.42. The molecule has 3 aliphatic heterocycles. The summed E-state index contributed by atoms with van der Waals surface area (Å²) in [5.74, 6) is 1.39. The molecular formula is C8H6SSe4. The Balaban J connectivity index is 1.82. The third kappa shape index (κ3) is 1.97. The molecule has 0 nitrogen and oxygen atoms in total. The Morgan fingerprint density at radius 2 is 1.92 bits per heavy atom. The Morgan fingerprint density at radius 1 is 1.08 bits per heavy atom. The van der Waals surface area contributed by atoms with Gasteiger partial charge in [0.2, 0.25) is 0 Å². The van der Waals surface area contributed by atoms with E-state index in [1.165, 1.54) is 12.2 Å². The Kier molecular flexibility index (Phi) is 3.22. The van der Waals surface area contributed by atoms with Gasteiger partial charge in [0.25, 0.3) is 0 Å². The van der Waals surface area contributed by atoms with Crippen molar-refractivity contribution in [1.82, 2.24) is 0 Å². The fourth-order valence-electron chi connectivity index (χ4n) is 1.20. The van der Waals surface area contributed by atoms with Gasteiger partial charge in [0.1, 0.15) is 0 Å². The van der Waals surface area contributed by atoms with E-state index in [4.69, 9.17) is 0 Å². The van der Waals surface area contributed by atoms with Crippen LogP contribution in [0.1, 0.15) is 6.42 Å². The van der Waals surface area contributed by atoms with Crippen LogP contribution in [-0.2, 0) is 0 Å². The first-order valence-corrected chi connectivity index (χ1v) is 12.0. The van der Waals surface area contributed by atoms with Crippen LogP contribution in [0.15, 0.2) is 25.0 Å². The maximum absolute atomic E-state index is 2.43. The van der Waals surface area contributed by atoms with Gasteiger partial charge < -0.3 is 0 Å². The van der Waals surface area contributed by atoms with E-state index in [0.717, 1.165) is 59.8 Å². The van der Waals surface area contributed by atoms with E-state index in [1.54, 1.807) is 0 Å². The minimum atomic E-state index is 0.767. The van der Waals surface area contributed by atoms with Crippen molar-refractivity contribution in [3.8, 4) is 0 Å². The fraction of sp³-hybridized carbons (Fsp3) is 0.250. The standard InChI is InChI=1S/C8H6SSe4/c1-2-9-6-5(1)12-8(13-6)7-10-3-4-11-7/h3-4H,1-2H2. The fourth-order valence-corrected chi connectivity index (χ4v) is 18.7. The van der Waals surface area contributed by atoms with Gasteiger partial charge in [-0.25, -0.2) is 0 Å². The van der Waals surface area contributed by atoms with Crippen LogP contribution in [0.25, 0.3) is 0 Å². The molecule has 3 aliphatic rings. The van der Waals surface area contributed by atoms with Gasteiger partial charge in [0.05, 0.1) is 0 Å². The van der Waals surface area contributed by atoms with Gasteiger partial charge in [-0.3, -0.25) is 0 Å². The molecule has 0 fully saturated rings. The maximum atomic E-state index is 2.43. The summed E-state index contributed by atoms with van der Waals surface area (Å²) in [6, 6.07) is 0. The molecule has 0 N–H and O–H groups in total. The van der Waals surface area contributed by atoms with E-state index in [2.05, 4.69) is 21.7 Å². The summed E-state index contributed by atoms with van der Waals surface area (Å²) in [7, 11) is 0. The SMILES string of the molecule is C1=C[Se]C(=C2[Se]C3=C(SCC3)[Se]2)[Se]1. The second-order valence-corrected chi connectivity index (χ2v) is 15.2. The summed E-state index contributed by atoms with van der Waals surface area (Å²) in [5.41, 5.74) is 0. The number of rotatable bonds is 0. The van der Waals surface area contributed by atoms with E-state index in [-0.39, 0.29) is 0 Å². The molecular weight excluding hydrogens is 444 g/mol. The Hall–Kier alpha value is 1.65. The first-order chi connectivity index (χ1) is 6.43. The zero-order valence-corrected chi connectivity index (χ0v) is 14.3. The topological polar surface area (TPSA) is 0 Å². The zero-order valence-electron chi connectivity index (χ0n) is 6.61. The van der Waals surface area contributed by atoms with Crippen LogP contribution in [0.5, 0.6) is 0 Å². The van der Waals surface area contributed by atoms with Gasteiger partial charge in [-0.05, 0) is 0 Å². The molecule has 0 aromatic heterocycles. The second-order valence-electron chi connectivity index (χ2n) is 2.60. The molecule has 0 saturated heterocycles. The summed E-state index contributed by atoms with van der Waals surface area (Å²) in [5, 5.41) is 0. The predicted molar refractivity (Wildman–Crippen MR) is 63.3 cm³/mol. The summed E-state index contributed by atoms with van der Waals surface area (Å²) < 4.78 is 7.53. The van der Waals surface area contributed by atoms with Gasteiger partial charge in [-0.15, -0.1) is 0 Å². The van der Waals surface area contributed by atoms with Crippen molar-refractivity contribution < 1.29 is 0 Å². The van der Waals surface area contributed by atoms with Crippen LogP contribution in [0.4, 0.5) is 0 Å². The Labute approximate surface area is 107 Å². The molecule has 0 amide bonds. The third-order valence-corrected chi connectivity index (χ3v) is 19.0. The molecule has 5 heteroatoms. The molecule has 0 radical (unpaired) electrons. The number of thioether (sulfide) groups is 1. The molecule has 3 rings (SSSR count). The van der Waals surface area contributed by atoms with E-state index in [9.17, 15) is 0 Å². The molecule has 3 heterocycles. The Bertz CT molecular complexity index is 314. The first-order valence-electron chi connectivity index (χ1n) is 3.88. The van der Waals surface area contributed by atoms with Crippen molar-refractivity contribution in [2.75, 3.05) is 5.75 Å². The predicted octanol–water partition coefficient (Wildman–Crippen LogP) is 0.734. The minimum absolute atomic E-state index is 0.767. The van der Waals surface area contributed by atoms with Crippen molar-refractivity contribution in [2.24, 2.45) is 0 Å². The molecule has 0 bridgehead atoms. The average Bonchev–Trinajstić information content (AvgIpc) is 2.78. The Morgan fingerprint density at radius 3 is 2.69 bits per heavy atom. The molecule has 0 aromatic rings. The monoisotopic (exact) mass is 454 g/mol. The van der Waals surface area contributed by atoms with Crippen molar-refractivity contribution in [2.45, 2.75) is 6.42 Å². The second kappa shape index (κ2) is 4.26. The van der Waals surface area contributed by atoms with Gasteiger partial charge in [0, 0.05) is 0 Å². The molecule has 0 spiro atoms. The van der Waals surface area contributed by atoms with Crippen molar-refractivity contribution >= 4 is 71.6 Å². The third-order valence-electron chi connectivity index (χ3n) is 1.76. The van der Waals surface area contributed by atoms with Crippen molar-refractivity contribution in [1.29, 1.82) is 0 Å². The zero-order chi connectivity index (χ0) is 8.67. The molecule has 0 atom stereocenters. The van der Waals surface area contributed by atoms with Gasteiger partial charge in [-0.1, -0.05) is 0 Å². The summed E-state index contributed by atoms with van der Waals surface area (Å²) in [4.78, 5) is 4.86. The van der Waals surface area contributed by atoms with Crippen LogP contribution in [-0.4, -0.2) is 65.6 Å². The van der Waals surface area contributed by atoms with E-state index >= 15 is 0 Å². The van der Waals surface area contributed by atoms with Gasteiger partial charge in [0.15, 0.2) is 0 Å². The van der Waals surface area contributed by atoms with Crippen molar-refractivity contribution in [3.63, 3.8) is 0 Å². The van der Waals surface area contributed by atoms with Crippen LogP contribution >= 0.6 is 11.8 Å². The van der Waals surface area contributed by atoms with Gasteiger partial charge in [-0.2, -0.15) is 0 Å². The number of hydrogen-bond donors (Lipinski definition) is 0.